The Bertz CT molecular complexity index is 833. The van der Waals surface area contributed by atoms with Gasteiger partial charge >= 0.3 is 0 Å². The van der Waals surface area contributed by atoms with Crippen LogP contribution in [0.15, 0.2) is 60.7 Å². The summed E-state index contributed by atoms with van der Waals surface area (Å²) < 4.78 is 0. The van der Waals surface area contributed by atoms with Crippen molar-refractivity contribution >= 4 is 41.4 Å². The van der Waals surface area contributed by atoms with Crippen LogP contribution in [0.5, 0.6) is 0 Å². The van der Waals surface area contributed by atoms with Gasteiger partial charge in [0.2, 0.25) is 0 Å². The first-order valence-corrected chi connectivity index (χ1v) is 9.31. The van der Waals surface area contributed by atoms with E-state index in [9.17, 15) is 0 Å². The van der Waals surface area contributed by atoms with Gasteiger partial charge in [0.25, 0.3) is 0 Å². The number of benzene rings is 2. The highest BCUT2D eigenvalue weighted by atomic mass is 35.5. The molecule has 3 aromatic rings. The van der Waals surface area contributed by atoms with Crippen molar-refractivity contribution in [2.75, 3.05) is 31.5 Å². The highest BCUT2D eigenvalue weighted by Gasteiger charge is 2.10. The average Bonchev–Trinajstić information content (AvgIpc) is 2.69. The van der Waals surface area contributed by atoms with Crippen LogP contribution in [0.1, 0.15) is 19.3 Å². The van der Waals surface area contributed by atoms with Gasteiger partial charge in [0.05, 0.1) is 11.2 Å². The molecule has 0 aliphatic carbocycles. The number of nitrogens with zero attached hydrogens (tertiary/aromatic N) is 2. The quantitative estimate of drug-likeness (QED) is 0.596. The molecule has 2 heterocycles. The maximum absolute atomic E-state index is 4.85. The van der Waals surface area contributed by atoms with Crippen molar-refractivity contribution < 1.29 is 0 Å². The zero-order chi connectivity index (χ0) is 16.9. The minimum absolute atomic E-state index is 0. The molecule has 0 bridgehead atoms. The molecule has 1 aliphatic rings. The van der Waals surface area contributed by atoms with E-state index >= 15 is 0 Å². The molecule has 3 nitrogen and oxygen atoms in total. The second kappa shape index (κ2) is 10.5. The standard InChI is InChI=1S/C22H25N3.2ClH/c1-3-9-18(10-4-1)21-17-22(19-11-5-6-12-20(19)24-21)23-13-16-25-14-7-2-8-15-25;;/h1,3-6,9-12,17H,2,7-8,13-16H2,(H,23,24);2*1H. The summed E-state index contributed by atoms with van der Waals surface area (Å²) in [5.74, 6) is 0. The number of likely N-dealkylation sites (tertiary alicyclic amines) is 1. The predicted molar refractivity (Wildman–Crippen MR) is 120 cm³/mol. The maximum Gasteiger partial charge on any atom is 0.0730 e. The Morgan fingerprint density at radius 2 is 1.56 bits per heavy atom. The summed E-state index contributed by atoms with van der Waals surface area (Å²) in [4.78, 5) is 7.42. The third-order valence-corrected chi connectivity index (χ3v) is 4.98. The molecule has 0 radical (unpaired) electrons. The number of anilines is 1. The largest absolute Gasteiger partial charge is 0.383 e. The van der Waals surface area contributed by atoms with Crippen LogP contribution in [0, 0.1) is 0 Å². The first kappa shape index (κ1) is 21.5. The second-order valence-electron chi connectivity index (χ2n) is 6.77. The van der Waals surface area contributed by atoms with Crippen molar-refractivity contribution in [2.45, 2.75) is 19.3 Å². The second-order valence-corrected chi connectivity index (χ2v) is 6.77. The highest BCUT2D eigenvalue weighted by molar-refractivity contribution is 5.93. The van der Waals surface area contributed by atoms with Gasteiger partial charge in [-0.1, -0.05) is 55.0 Å². The first-order valence-electron chi connectivity index (χ1n) is 9.31. The fourth-order valence-corrected chi connectivity index (χ4v) is 3.61. The van der Waals surface area contributed by atoms with Crippen LogP contribution in [0.25, 0.3) is 22.2 Å². The lowest BCUT2D eigenvalue weighted by molar-refractivity contribution is 0.237. The van der Waals surface area contributed by atoms with E-state index in [4.69, 9.17) is 4.98 Å². The summed E-state index contributed by atoms with van der Waals surface area (Å²) in [7, 11) is 0. The number of hydrogen-bond acceptors (Lipinski definition) is 3. The van der Waals surface area contributed by atoms with Crippen molar-refractivity contribution in [1.82, 2.24) is 9.88 Å². The molecule has 1 saturated heterocycles. The number of pyridine rings is 1. The van der Waals surface area contributed by atoms with E-state index in [1.54, 1.807) is 0 Å². The van der Waals surface area contributed by atoms with Gasteiger partial charge in [0, 0.05) is 29.7 Å². The number of hydrogen-bond donors (Lipinski definition) is 1. The maximum atomic E-state index is 4.85. The van der Waals surface area contributed by atoms with Crippen LogP contribution in [-0.2, 0) is 0 Å². The highest BCUT2D eigenvalue weighted by Crippen LogP contribution is 2.28. The lowest BCUT2D eigenvalue weighted by Gasteiger charge is -2.26. The zero-order valence-electron chi connectivity index (χ0n) is 15.4. The summed E-state index contributed by atoms with van der Waals surface area (Å²) in [6.45, 7) is 4.57. The molecular weight excluding hydrogens is 377 g/mol. The molecule has 1 N–H and O–H groups in total. The van der Waals surface area contributed by atoms with Gasteiger partial charge in [-0.05, 0) is 38.1 Å². The van der Waals surface area contributed by atoms with Gasteiger partial charge < -0.3 is 10.2 Å². The molecule has 27 heavy (non-hydrogen) atoms. The smallest absolute Gasteiger partial charge is 0.0730 e. The molecule has 5 heteroatoms. The van der Waals surface area contributed by atoms with Crippen molar-refractivity contribution in [3.63, 3.8) is 0 Å². The fraction of sp³-hybridized carbons (Fsp3) is 0.318. The van der Waals surface area contributed by atoms with Crippen molar-refractivity contribution in [2.24, 2.45) is 0 Å². The Morgan fingerprint density at radius 1 is 0.852 bits per heavy atom. The van der Waals surface area contributed by atoms with Gasteiger partial charge in [-0.2, -0.15) is 0 Å². The van der Waals surface area contributed by atoms with Gasteiger partial charge in [-0.3, -0.25) is 0 Å². The summed E-state index contributed by atoms with van der Waals surface area (Å²) in [5.41, 5.74) is 4.41. The number of para-hydroxylation sites is 1. The number of rotatable bonds is 5. The van der Waals surface area contributed by atoms with Crippen LogP contribution in [-0.4, -0.2) is 36.1 Å². The van der Waals surface area contributed by atoms with Gasteiger partial charge in [0.1, 0.15) is 0 Å². The van der Waals surface area contributed by atoms with Gasteiger partial charge in [-0.15, -0.1) is 24.8 Å². The summed E-state index contributed by atoms with van der Waals surface area (Å²) in [6.07, 6.45) is 4.08. The Kier molecular flexibility index (Phi) is 8.36. The topological polar surface area (TPSA) is 28.2 Å². The Morgan fingerprint density at radius 3 is 2.33 bits per heavy atom. The Labute approximate surface area is 174 Å². The lowest BCUT2D eigenvalue weighted by Crippen LogP contribution is -2.33. The van der Waals surface area contributed by atoms with E-state index in [1.165, 1.54) is 43.4 Å². The van der Waals surface area contributed by atoms with Gasteiger partial charge in [-0.25, -0.2) is 4.98 Å². The van der Waals surface area contributed by atoms with Crippen LogP contribution in [0.4, 0.5) is 5.69 Å². The Balaban J connectivity index is 0.00000131. The lowest BCUT2D eigenvalue weighted by atomic mass is 10.1. The fourth-order valence-electron chi connectivity index (χ4n) is 3.61. The molecule has 4 rings (SSSR count). The molecule has 0 unspecified atom stereocenters. The molecular formula is C22H27Cl2N3. The van der Waals surface area contributed by atoms with Crippen molar-refractivity contribution in [1.29, 1.82) is 0 Å². The molecule has 0 atom stereocenters. The van der Waals surface area contributed by atoms with Crippen LogP contribution in [0.2, 0.25) is 0 Å². The third kappa shape index (κ3) is 5.35. The molecule has 0 amide bonds. The minimum atomic E-state index is 0. The monoisotopic (exact) mass is 403 g/mol. The zero-order valence-corrected chi connectivity index (χ0v) is 17.1. The SMILES string of the molecule is Cl.Cl.c1ccc(-c2cc(NCCN3CCCCC3)c3ccccc3n2)cc1. The molecule has 1 aliphatic heterocycles. The molecule has 1 aromatic heterocycles. The average molecular weight is 404 g/mol. The predicted octanol–water partition coefficient (Wildman–Crippen LogP) is 5.64. The van der Waals surface area contributed by atoms with E-state index in [2.05, 4.69) is 64.8 Å². The molecule has 144 valence electrons. The summed E-state index contributed by atoms with van der Waals surface area (Å²) in [6, 6.07) is 21.0. The van der Waals surface area contributed by atoms with Crippen molar-refractivity contribution in [3.8, 4) is 11.3 Å². The Hall–Kier alpha value is -1.81. The van der Waals surface area contributed by atoms with E-state index < -0.39 is 0 Å². The number of aromatic nitrogens is 1. The number of halogens is 2. The molecule has 2 aromatic carbocycles. The van der Waals surface area contributed by atoms with E-state index in [0.29, 0.717) is 0 Å². The van der Waals surface area contributed by atoms with Gasteiger partial charge in [0.15, 0.2) is 0 Å². The number of piperidine rings is 1. The van der Waals surface area contributed by atoms with Crippen LogP contribution < -0.4 is 5.32 Å². The summed E-state index contributed by atoms with van der Waals surface area (Å²) >= 11 is 0. The molecule has 0 spiro atoms. The first-order chi connectivity index (χ1) is 12.4. The van der Waals surface area contributed by atoms with E-state index in [0.717, 1.165) is 29.9 Å². The third-order valence-electron chi connectivity index (χ3n) is 4.98. The van der Waals surface area contributed by atoms with Crippen LogP contribution >= 0.6 is 24.8 Å². The van der Waals surface area contributed by atoms with E-state index in [-0.39, 0.29) is 24.8 Å². The number of fused-ring (bicyclic) bond motifs is 1. The van der Waals surface area contributed by atoms with Crippen molar-refractivity contribution in [3.05, 3.63) is 60.7 Å². The van der Waals surface area contributed by atoms with Crippen LogP contribution in [0.3, 0.4) is 0 Å². The normalized spacial score (nSPS) is 14.2. The molecule has 1 fully saturated rings. The van der Waals surface area contributed by atoms with E-state index in [1.807, 2.05) is 6.07 Å². The number of nitrogens with one attached hydrogen (secondary N) is 1. The summed E-state index contributed by atoms with van der Waals surface area (Å²) in [5, 5.41) is 4.86. The minimum Gasteiger partial charge on any atom is -0.383 e. The molecule has 0 saturated carbocycles.